The van der Waals surface area contributed by atoms with Gasteiger partial charge in [-0.15, -0.1) is 0 Å². The number of carbonyl (C=O) groups is 2. The van der Waals surface area contributed by atoms with E-state index in [1.807, 2.05) is 17.9 Å². The van der Waals surface area contributed by atoms with Crippen molar-refractivity contribution in [1.82, 2.24) is 10.3 Å². The molecule has 0 atom stereocenters. The molecular formula is C19H21ClN6O4. The van der Waals surface area contributed by atoms with Crippen LogP contribution in [0.1, 0.15) is 36.5 Å². The summed E-state index contributed by atoms with van der Waals surface area (Å²) in [5, 5.41) is 21.9. The van der Waals surface area contributed by atoms with Crippen LogP contribution in [0, 0.1) is 22.7 Å². The lowest BCUT2D eigenvalue weighted by molar-refractivity contribution is -0.190. The van der Waals surface area contributed by atoms with Crippen molar-refractivity contribution in [2.45, 2.75) is 37.8 Å². The fourth-order valence-electron chi connectivity index (χ4n) is 3.67. The van der Waals surface area contributed by atoms with Gasteiger partial charge in [-0.1, -0.05) is 18.5 Å². The molecule has 2 aliphatic heterocycles. The molecule has 1 aromatic rings. The first-order chi connectivity index (χ1) is 14.3. The summed E-state index contributed by atoms with van der Waals surface area (Å²) in [4.78, 5) is 29.9. The highest BCUT2D eigenvalue weighted by Gasteiger charge is 2.50. The highest BCUT2D eigenvalue weighted by atomic mass is 35.5. The van der Waals surface area contributed by atoms with Gasteiger partial charge in [0.25, 0.3) is 5.91 Å². The number of hydrogen-bond donors (Lipinski definition) is 2. The molecule has 10 nitrogen and oxygen atoms in total. The molecule has 1 aromatic heterocycles. The van der Waals surface area contributed by atoms with Gasteiger partial charge in [-0.25, -0.2) is 9.78 Å². The maximum atomic E-state index is 12.6. The number of nitriles is 2. The maximum Gasteiger partial charge on any atom is 0.405 e. The van der Waals surface area contributed by atoms with Crippen molar-refractivity contribution in [3.05, 3.63) is 21.8 Å². The van der Waals surface area contributed by atoms with Crippen molar-refractivity contribution < 1.29 is 19.1 Å². The van der Waals surface area contributed by atoms with Gasteiger partial charge in [0.2, 0.25) is 5.60 Å². The fourth-order valence-corrected chi connectivity index (χ4v) is 3.91. The van der Waals surface area contributed by atoms with Crippen molar-refractivity contribution in [2.24, 2.45) is 5.73 Å². The third-order valence-electron chi connectivity index (χ3n) is 5.32. The number of piperidine rings is 1. The van der Waals surface area contributed by atoms with Crippen molar-refractivity contribution in [1.29, 1.82) is 10.5 Å². The number of aromatic nitrogens is 1. The van der Waals surface area contributed by atoms with E-state index in [1.54, 1.807) is 0 Å². The molecule has 0 spiro atoms. The van der Waals surface area contributed by atoms with Crippen molar-refractivity contribution >= 4 is 29.4 Å². The van der Waals surface area contributed by atoms with Crippen LogP contribution in [0.2, 0.25) is 5.15 Å². The highest BCUT2D eigenvalue weighted by molar-refractivity contribution is 6.30. The Morgan fingerprint density at radius 1 is 1.33 bits per heavy atom. The number of nitrogens with two attached hydrogens (primary N) is 1. The van der Waals surface area contributed by atoms with E-state index in [0.29, 0.717) is 49.3 Å². The van der Waals surface area contributed by atoms with Gasteiger partial charge in [-0.3, -0.25) is 4.79 Å². The smallest absolute Gasteiger partial charge is 0.405 e. The van der Waals surface area contributed by atoms with E-state index in [0.717, 1.165) is 0 Å². The predicted octanol–water partition coefficient (Wildman–Crippen LogP) is 0.990. The Labute approximate surface area is 178 Å². The van der Waals surface area contributed by atoms with Crippen LogP contribution >= 0.6 is 11.6 Å². The number of anilines is 1. The lowest BCUT2D eigenvalue weighted by Crippen LogP contribution is -2.65. The van der Waals surface area contributed by atoms with Gasteiger partial charge < -0.3 is 25.4 Å². The minimum atomic E-state index is -1.37. The Kier molecular flexibility index (Phi) is 6.30. The van der Waals surface area contributed by atoms with Crippen LogP contribution in [0.25, 0.3) is 0 Å². The molecular weight excluding hydrogens is 412 g/mol. The number of carbonyl (C=O) groups excluding carboxylic acids is 2. The molecule has 0 aliphatic carbocycles. The first-order valence-corrected chi connectivity index (χ1v) is 9.87. The number of halogens is 1. The van der Waals surface area contributed by atoms with Crippen molar-refractivity contribution in [3.63, 3.8) is 0 Å². The number of ether oxygens (including phenoxy) is 2. The largest absolute Gasteiger partial charge is 0.428 e. The summed E-state index contributed by atoms with van der Waals surface area (Å²) < 4.78 is 9.99. The molecule has 0 radical (unpaired) electrons. The lowest BCUT2D eigenvalue weighted by Gasteiger charge is -2.40. The number of hydrogen-bond acceptors (Lipinski definition) is 8. The molecule has 3 rings (SSSR count). The Balaban J connectivity index is 1.70. The summed E-state index contributed by atoms with van der Waals surface area (Å²) in [5.41, 5.74) is 4.85. The van der Waals surface area contributed by atoms with Gasteiger partial charge in [0, 0.05) is 19.1 Å². The van der Waals surface area contributed by atoms with Crippen molar-refractivity contribution in [2.75, 3.05) is 31.2 Å². The number of primary amides is 1. The minimum Gasteiger partial charge on any atom is -0.428 e. The number of rotatable bonds is 5. The van der Waals surface area contributed by atoms with E-state index >= 15 is 0 Å². The second-order valence-electron chi connectivity index (χ2n) is 7.17. The Bertz CT molecular complexity index is 942. The third kappa shape index (κ3) is 3.97. The summed E-state index contributed by atoms with van der Waals surface area (Å²) in [5.74, 6) is 0.0144. The van der Waals surface area contributed by atoms with Crippen molar-refractivity contribution in [3.8, 4) is 12.1 Å². The van der Waals surface area contributed by atoms with Crippen LogP contribution in [0.15, 0.2) is 0 Å². The molecule has 2 amide bonds. The average molecular weight is 433 g/mol. The molecule has 2 aliphatic rings. The molecule has 11 heteroatoms. The molecule has 3 N–H and O–H groups in total. The lowest BCUT2D eigenvalue weighted by atomic mass is 9.97. The molecule has 30 heavy (non-hydrogen) atoms. The van der Waals surface area contributed by atoms with Gasteiger partial charge in [0.15, 0.2) is 0 Å². The average Bonchev–Trinajstić information content (AvgIpc) is 2.70. The zero-order valence-corrected chi connectivity index (χ0v) is 17.2. The van der Waals surface area contributed by atoms with Crippen LogP contribution in [-0.2, 0) is 20.7 Å². The Morgan fingerprint density at radius 3 is 2.43 bits per heavy atom. The highest BCUT2D eigenvalue weighted by Crippen LogP contribution is 2.31. The second-order valence-corrected chi connectivity index (χ2v) is 7.53. The molecule has 2 saturated heterocycles. The van der Waals surface area contributed by atoms with Crippen LogP contribution in [-0.4, -0.2) is 54.9 Å². The van der Waals surface area contributed by atoms with Crippen LogP contribution < -0.4 is 16.0 Å². The first-order valence-electron chi connectivity index (χ1n) is 9.49. The molecule has 2 fully saturated rings. The van der Waals surface area contributed by atoms with Gasteiger partial charge in [0.05, 0.1) is 24.3 Å². The normalized spacial score (nSPS) is 17.9. The van der Waals surface area contributed by atoms with E-state index in [4.69, 9.17) is 26.8 Å². The van der Waals surface area contributed by atoms with E-state index in [1.165, 1.54) is 0 Å². The number of nitrogens with one attached hydrogen (secondary N) is 1. The Hall–Kier alpha value is -3.08. The first kappa shape index (κ1) is 21.6. The summed E-state index contributed by atoms with van der Waals surface area (Å²) in [6.45, 7) is 2.85. The van der Waals surface area contributed by atoms with E-state index < -0.39 is 17.6 Å². The monoisotopic (exact) mass is 432 g/mol. The van der Waals surface area contributed by atoms with E-state index in [2.05, 4.69) is 16.4 Å². The van der Waals surface area contributed by atoms with Gasteiger partial charge >= 0.3 is 6.09 Å². The molecule has 3 heterocycles. The van der Waals surface area contributed by atoms with Gasteiger partial charge in [-0.2, -0.15) is 10.5 Å². The molecule has 0 bridgehead atoms. The van der Waals surface area contributed by atoms with Gasteiger partial charge in [0.1, 0.15) is 23.1 Å². The molecule has 0 unspecified atom stereocenters. The summed E-state index contributed by atoms with van der Waals surface area (Å²) >= 11 is 6.18. The summed E-state index contributed by atoms with van der Waals surface area (Å²) in [7, 11) is 0. The quantitative estimate of drug-likeness (QED) is 0.652. The topological polar surface area (TPSA) is 154 Å². The van der Waals surface area contributed by atoms with Crippen LogP contribution in [0.4, 0.5) is 10.6 Å². The molecule has 158 valence electrons. The number of nitrogens with zero attached hydrogens (tertiary/aromatic N) is 4. The Morgan fingerprint density at radius 2 is 1.97 bits per heavy atom. The zero-order valence-electron chi connectivity index (χ0n) is 16.4. The van der Waals surface area contributed by atoms with E-state index in [9.17, 15) is 20.1 Å². The van der Waals surface area contributed by atoms with Gasteiger partial charge in [-0.05, 0) is 24.8 Å². The molecule has 0 saturated carbocycles. The predicted molar refractivity (Wildman–Crippen MR) is 106 cm³/mol. The zero-order chi connectivity index (χ0) is 21.9. The third-order valence-corrected chi connectivity index (χ3v) is 5.60. The SMILES string of the molecule is CCc1c(C#N)c(Cl)nc(N2CCC(NC(=O)C3(OC(N)=O)COC3)CC2)c1C#N. The maximum absolute atomic E-state index is 12.6. The number of pyridine rings is 1. The van der Waals surface area contributed by atoms with Crippen LogP contribution in [0.3, 0.4) is 0 Å². The standard InChI is InChI=1S/C19H21ClN6O4/c1-2-12-13(7-21)15(20)25-16(14(12)8-22)26-5-3-11(4-6-26)24-17(27)19(9-29-10-19)30-18(23)28/h11H,2-6,9-10H2,1H3,(H2,23,28)(H,24,27). The fraction of sp³-hybridized carbons (Fsp3) is 0.526. The summed E-state index contributed by atoms with van der Waals surface area (Å²) in [6.07, 6.45) is 0.635. The second kappa shape index (κ2) is 8.74. The van der Waals surface area contributed by atoms with Crippen LogP contribution in [0.5, 0.6) is 0 Å². The molecule has 0 aromatic carbocycles. The minimum absolute atomic E-state index is 0.0282. The number of amides is 2. The summed E-state index contributed by atoms with van der Waals surface area (Å²) in [6, 6.07) is 4.03. The van der Waals surface area contributed by atoms with E-state index in [-0.39, 0.29) is 30.0 Å².